The molecule has 0 fully saturated rings. The van der Waals surface area contributed by atoms with Crippen LogP contribution in [0.3, 0.4) is 0 Å². The summed E-state index contributed by atoms with van der Waals surface area (Å²) in [4.78, 5) is 12.0. The van der Waals surface area contributed by atoms with E-state index >= 15 is 0 Å². The van der Waals surface area contributed by atoms with Gasteiger partial charge in [-0.2, -0.15) is 0 Å². The van der Waals surface area contributed by atoms with Gasteiger partial charge in [-0.1, -0.05) is 19.9 Å². The predicted octanol–water partition coefficient (Wildman–Crippen LogP) is 3.96. The van der Waals surface area contributed by atoms with Crippen molar-refractivity contribution in [2.24, 2.45) is 5.92 Å². The lowest BCUT2D eigenvalue weighted by Gasteiger charge is -2.17. The molecule has 3 rings (SSSR count). The fraction of sp³-hybridized carbons (Fsp3) is 0.350. The molecule has 1 aliphatic rings. The number of fused-ring (bicyclic) bond motifs is 1. The summed E-state index contributed by atoms with van der Waals surface area (Å²) in [5.74, 6) is -0.190. The topological polar surface area (TPSA) is 75.3 Å². The molecule has 2 aromatic rings. The van der Waals surface area contributed by atoms with Crippen molar-refractivity contribution >= 4 is 27.3 Å². The number of hydrogen-bond donors (Lipinski definition) is 2. The molecule has 2 N–H and O–H groups in total. The molecule has 0 heterocycles. The predicted molar refractivity (Wildman–Crippen MR) is 104 cm³/mol. The number of sulfonamides is 1. The Labute approximate surface area is 154 Å². The first-order valence-electron chi connectivity index (χ1n) is 8.91. The molecule has 0 unspecified atom stereocenters. The van der Waals surface area contributed by atoms with E-state index in [-0.39, 0.29) is 16.7 Å². The van der Waals surface area contributed by atoms with Crippen molar-refractivity contribution < 1.29 is 13.2 Å². The van der Waals surface area contributed by atoms with Gasteiger partial charge in [0.2, 0.25) is 5.91 Å². The van der Waals surface area contributed by atoms with Gasteiger partial charge in [0.15, 0.2) is 0 Å². The van der Waals surface area contributed by atoms with Gasteiger partial charge in [0.05, 0.1) is 4.90 Å². The minimum atomic E-state index is -3.63. The fourth-order valence-electron chi connectivity index (χ4n) is 3.00. The highest BCUT2D eigenvalue weighted by molar-refractivity contribution is 7.92. The molecular formula is C20H24N2O3S. The third-order valence-corrected chi connectivity index (χ3v) is 5.94. The molecule has 0 atom stereocenters. The van der Waals surface area contributed by atoms with Crippen LogP contribution in [0.4, 0.5) is 11.4 Å². The molecule has 0 bridgehead atoms. The molecule has 0 aromatic heterocycles. The second kappa shape index (κ2) is 7.50. The van der Waals surface area contributed by atoms with E-state index in [1.807, 2.05) is 19.9 Å². The third kappa shape index (κ3) is 4.25. The molecule has 5 nitrogen and oxygen atoms in total. The standard InChI is InChI=1S/C20H24N2O3S/c1-14(2)20(23)21-17-8-10-18(11-9-17)22-26(24,25)19-12-7-15-5-3-4-6-16(15)13-19/h7-14,22H,3-6H2,1-2H3,(H,21,23). The molecule has 0 saturated heterocycles. The zero-order chi connectivity index (χ0) is 18.7. The van der Waals surface area contributed by atoms with Crippen molar-refractivity contribution in [1.82, 2.24) is 0 Å². The van der Waals surface area contributed by atoms with E-state index in [2.05, 4.69) is 10.0 Å². The van der Waals surface area contributed by atoms with Crippen molar-refractivity contribution in [3.8, 4) is 0 Å². The van der Waals surface area contributed by atoms with Crippen molar-refractivity contribution in [2.75, 3.05) is 10.0 Å². The van der Waals surface area contributed by atoms with Crippen LogP contribution >= 0.6 is 0 Å². The highest BCUT2D eigenvalue weighted by Crippen LogP contribution is 2.25. The lowest BCUT2D eigenvalue weighted by molar-refractivity contribution is -0.118. The number of nitrogens with one attached hydrogen (secondary N) is 2. The fourth-order valence-corrected chi connectivity index (χ4v) is 4.11. The van der Waals surface area contributed by atoms with Crippen molar-refractivity contribution in [3.63, 3.8) is 0 Å². The van der Waals surface area contributed by atoms with Crippen molar-refractivity contribution in [1.29, 1.82) is 0 Å². The Morgan fingerprint density at radius 3 is 2.19 bits per heavy atom. The van der Waals surface area contributed by atoms with Crippen LogP contribution in [0.2, 0.25) is 0 Å². The minimum absolute atomic E-state index is 0.0765. The quantitative estimate of drug-likeness (QED) is 0.834. The van der Waals surface area contributed by atoms with Gasteiger partial charge in [0.1, 0.15) is 0 Å². The summed E-state index contributed by atoms with van der Waals surface area (Å²) >= 11 is 0. The van der Waals surface area contributed by atoms with Crippen LogP contribution in [0.1, 0.15) is 37.8 Å². The summed E-state index contributed by atoms with van der Waals surface area (Å²) in [7, 11) is -3.63. The van der Waals surface area contributed by atoms with Crippen LogP contribution in [0.15, 0.2) is 47.4 Å². The van der Waals surface area contributed by atoms with E-state index in [1.165, 1.54) is 5.56 Å². The number of carbonyl (C=O) groups is 1. The first-order chi connectivity index (χ1) is 12.3. The molecule has 26 heavy (non-hydrogen) atoms. The first-order valence-corrected chi connectivity index (χ1v) is 10.4. The maximum Gasteiger partial charge on any atom is 0.261 e. The Balaban J connectivity index is 1.74. The SMILES string of the molecule is CC(C)C(=O)Nc1ccc(NS(=O)(=O)c2ccc3c(c2)CCCC3)cc1. The summed E-state index contributed by atoms with van der Waals surface area (Å²) in [6.45, 7) is 3.63. The van der Waals surface area contributed by atoms with Gasteiger partial charge in [-0.15, -0.1) is 0 Å². The zero-order valence-corrected chi connectivity index (χ0v) is 15.9. The number of rotatable bonds is 5. The Morgan fingerprint density at radius 2 is 1.54 bits per heavy atom. The number of hydrogen-bond acceptors (Lipinski definition) is 3. The summed E-state index contributed by atoms with van der Waals surface area (Å²) < 4.78 is 27.9. The van der Waals surface area contributed by atoms with Crippen molar-refractivity contribution in [2.45, 2.75) is 44.4 Å². The minimum Gasteiger partial charge on any atom is -0.326 e. The number of amides is 1. The molecule has 1 amide bonds. The van der Waals surface area contributed by atoms with Crippen LogP contribution in [0.5, 0.6) is 0 Å². The van der Waals surface area contributed by atoms with E-state index in [1.54, 1.807) is 36.4 Å². The summed E-state index contributed by atoms with van der Waals surface area (Å²) in [5.41, 5.74) is 3.48. The van der Waals surface area contributed by atoms with Crippen molar-refractivity contribution in [3.05, 3.63) is 53.6 Å². The van der Waals surface area contributed by atoms with E-state index in [9.17, 15) is 13.2 Å². The van der Waals surface area contributed by atoms with Crippen LogP contribution in [-0.4, -0.2) is 14.3 Å². The van der Waals surface area contributed by atoms with Gasteiger partial charge >= 0.3 is 0 Å². The van der Waals surface area contributed by atoms with E-state index in [4.69, 9.17) is 0 Å². The molecule has 0 aliphatic heterocycles. The van der Waals surface area contributed by atoms with Gasteiger partial charge < -0.3 is 5.32 Å². The second-order valence-electron chi connectivity index (χ2n) is 6.96. The molecular weight excluding hydrogens is 348 g/mol. The van der Waals surface area contributed by atoms with Gasteiger partial charge in [0.25, 0.3) is 10.0 Å². The van der Waals surface area contributed by atoms with E-state index < -0.39 is 10.0 Å². The Morgan fingerprint density at radius 1 is 0.923 bits per heavy atom. The number of anilines is 2. The average molecular weight is 372 g/mol. The molecule has 0 radical (unpaired) electrons. The number of aryl methyl sites for hydroxylation is 2. The first kappa shape index (κ1) is 18.5. The summed E-state index contributed by atoms with van der Waals surface area (Å²) in [6, 6.07) is 12.0. The van der Waals surface area contributed by atoms with Crippen LogP contribution < -0.4 is 10.0 Å². The zero-order valence-electron chi connectivity index (χ0n) is 15.1. The van der Waals surface area contributed by atoms with E-state index in [0.29, 0.717) is 11.4 Å². The average Bonchev–Trinajstić information content (AvgIpc) is 2.62. The van der Waals surface area contributed by atoms with Gasteiger partial charge in [-0.05, 0) is 73.2 Å². The molecule has 0 saturated carbocycles. The molecule has 2 aromatic carbocycles. The molecule has 138 valence electrons. The lowest BCUT2D eigenvalue weighted by atomic mass is 9.92. The molecule has 1 aliphatic carbocycles. The highest BCUT2D eigenvalue weighted by Gasteiger charge is 2.18. The number of benzene rings is 2. The van der Waals surface area contributed by atoms with Crippen LogP contribution in [0.25, 0.3) is 0 Å². The number of carbonyl (C=O) groups excluding carboxylic acids is 1. The van der Waals surface area contributed by atoms with E-state index in [0.717, 1.165) is 31.2 Å². The van der Waals surface area contributed by atoms with Gasteiger partial charge in [-0.25, -0.2) is 8.42 Å². The molecule has 6 heteroatoms. The largest absolute Gasteiger partial charge is 0.326 e. The van der Waals surface area contributed by atoms with Gasteiger partial charge in [0, 0.05) is 17.3 Å². The monoisotopic (exact) mass is 372 g/mol. The van der Waals surface area contributed by atoms with Crippen LogP contribution in [0, 0.1) is 5.92 Å². The summed E-state index contributed by atoms with van der Waals surface area (Å²) in [6.07, 6.45) is 4.22. The second-order valence-corrected chi connectivity index (χ2v) is 8.65. The Bertz CT molecular complexity index is 903. The maximum atomic E-state index is 12.7. The smallest absolute Gasteiger partial charge is 0.261 e. The Kier molecular flexibility index (Phi) is 5.32. The molecule has 0 spiro atoms. The highest BCUT2D eigenvalue weighted by atomic mass is 32.2. The lowest BCUT2D eigenvalue weighted by Crippen LogP contribution is -2.18. The maximum absolute atomic E-state index is 12.7. The summed E-state index contributed by atoms with van der Waals surface area (Å²) in [5, 5.41) is 2.78. The third-order valence-electron chi connectivity index (χ3n) is 4.56. The van der Waals surface area contributed by atoms with Gasteiger partial charge in [-0.3, -0.25) is 9.52 Å². The Hall–Kier alpha value is -2.34. The van der Waals surface area contributed by atoms with Crippen LogP contribution in [-0.2, 0) is 27.7 Å². The normalized spacial score (nSPS) is 14.0.